The smallest absolute Gasteiger partial charge is 0.278 e. The van der Waals surface area contributed by atoms with E-state index in [-0.39, 0.29) is 5.56 Å². The van der Waals surface area contributed by atoms with Crippen molar-refractivity contribution in [3.05, 3.63) is 34.6 Å². The van der Waals surface area contributed by atoms with Crippen LogP contribution in [0.15, 0.2) is 29.1 Å². The largest absolute Gasteiger partial charge is 0.281 e. The van der Waals surface area contributed by atoms with Crippen LogP contribution in [0.2, 0.25) is 0 Å². The van der Waals surface area contributed by atoms with E-state index in [0.29, 0.717) is 23.6 Å². The van der Waals surface area contributed by atoms with Crippen LogP contribution in [0.25, 0.3) is 10.9 Å². The molecule has 1 fully saturated rings. The van der Waals surface area contributed by atoms with Crippen molar-refractivity contribution in [3.8, 4) is 0 Å². The Morgan fingerprint density at radius 1 is 1.30 bits per heavy atom. The number of rotatable bonds is 3. The zero-order chi connectivity index (χ0) is 13.9. The molecule has 1 aromatic heterocycles. The van der Waals surface area contributed by atoms with Gasteiger partial charge in [-0.3, -0.25) is 9.69 Å². The van der Waals surface area contributed by atoms with E-state index < -0.39 is 0 Å². The summed E-state index contributed by atoms with van der Waals surface area (Å²) in [7, 11) is 0. The molecule has 1 aliphatic rings. The first-order valence-electron chi connectivity index (χ1n) is 7.36. The van der Waals surface area contributed by atoms with Gasteiger partial charge in [-0.15, -0.1) is 5.10 Å². The lowest BCUT2D eigenvalue weighted by Crippen LogP contribution is -2.43. The fourth-order valence-corrected chi connectivity index (χ4v) is 3.00. The minimum absolute atomic E-state index is 0.0453. The Hall–Kier alpha value is -1.75. The van der Waals surface area contributed by atoms with Gasteiger partial charge in [-0.25, -0.2) is 0 Å². The Labute approximate surface area is 118 Å². The molecule has 0 radical (unpaired) electrons. The van der Waals surface area contributed by atoms with E-state index >= 15 is 0 Å². The Kier molecular flexibility index (Phi) is 3.78. The number of fused-ring (bicyclic) bond motifs is 1. The number of benzene rings is 1. The van der Waals surface area contributed by atoms with Crippen LogP contribution >= 0.6 is 0 Å². The summed E-state index contributed by atoms with van der Waals surface area (Å²) in [5.41, 5.74) is 0.621. The highest BCUT2D eigenvalue weighted by Crippen LogP contribution is 2.19. The molecule has 5 nitrogen and oxygen atoms in total. The maximum absolute atomic E-state index is 12.4. The molecule has 20 heavy (non-hydrogen) atoms. The molecule has 106 valence electrons. The van der Waals surface area contributed by atoms with Crippen LogP contribution in [-0.2, 0) is 6.67 Å². The molecule has 2 heterocycles. The fraction of sp³-hybridized carbons (Fsp3) is 0.533. The van der Waals surface area contributed by atoms with Gasteiger partial charge in [0.05, 0.1) is 12.1 Å². The van der Waals surface area contributed by atoms with E-state index in [4.69, 9.17) is 0 Å². The molecule has 0 aliphatic carbocycles. The number of nitrogens with zero attached hydrogens (tertiary/aromatic N) is 4. The standard InChI is InChI=1S/C15H20N4O/c1-2-12-7-5-6-10-18(12)11-19-15(20)13-8-3-4-9-14(13)16-17-19/h3-4,8-9,12H,2,5-7,10-11H2,1H3/t12-/m0/s1. The third-order valence-electron chi connectivity index (χ3n) is 4.17. The highest BCUT2D eigenvalue weighted by Gasteiger charge is 2.21. The molecule has 1 aliphatic heterocycles. The van der Waals surface area contributed by atoms with Gasteiger partial charge in [0.25, 0.3) is 5.56 Å². The van der Waals surface area contributed by atoms with Gasteiger partial charge in [-0.1, -0.05) is 30.7 Å². The van der Waals surface area contributed by atoms with E-state index in [0.717, 1.165) is 13.0 Å². The molecule has 0 spiro atoms. The lowest BCUT2D eigenvalue weighted by molar-refractivity contribution is 0.0976. The second-order valence-electron chi connectivity index (χ2n) is 5.42. The van der Waals surface area contributed by atoms with Crippen LogP contribution in [0.4, 0.5) is 0 Å². The zero-order valence-electron chi connectivity index (χ0n) is 11.8. The SMILES string of the molecule is CC[C@H]1CCCCN1Cn1nnc2ccccc2c1=O. The normalized spacial score (nSPS) is 20.4. The van der Waals surface area contributed by atoms with Crippen LogP contribution in [0.5, 0.6) is 0 Å². The van der Waals surface area contributed by atoms with Crippen molar-refractivity contribution in [2.24, 2.45) is 0 Å². The minimum Gasteiger partial charge on any atom is -0.281 e. The minimum atomic E-state index is -0.0453. The van der Waals surface area contributed by atoms with Crippen LogP contribution < -0.4 is 5.56 Å². The molecule has 1 aromatic carbocycles. The van der Waals surface area contributed by atoms with E-state index in [1.54, 1.807) is 0 Å². The number of aromatic nitrogens is 3. The molecule has 0 N–H and O–H groups in total. The topological polar surface area (TPSA) is 51.0 Å². The van der Waals surface area contributed by atoms with Gasteiger partial charge in [0.2, 0.25) is 0 Å². The molecule has 0 amide bonds. The Morgan fingerprint density at radius 2 is 2.15 bits per heavy atom. The predicted molar refractivity (Wildman–Crippen MR) is 78.4 cm³/mol. The monoisotopic (exact) mass is 272 g/mol. The summed E-state index contributed by atoms with van der Waals surface area (Å²) in [4.78, 5) is 14.8. The molecule has 0 saturated carbocycles. The van der Waals surface area contributed by atoms with Crippen molar-refractivity contribution >= 4 is 10.9 Å². The molecule has 5 heteroatoms. The molecule has 0 unspecified atom stereocenters. The summed E-state index contributed by atoms with van der Waals surface area (Å²) in [6.45, 7) is 3.80. The second kappa shape index (κ2) is 5.71. The molecular weight excluding hydrogens is 252 g/mol. The first-order valence-corrected chi connectivity index (χ1v) is 7.36. The maximum Gasteiger partial charge on any atom is 0.278 e. The van der Waals surface area contributed by atoms with Crippen molar-refractivity contribution < 1.29 is 0 Å². The van der Waals surface area contributed by atoms with Crippen molar-refractivity contribution in [3.63, 3.8) is 0 Å². The molecule has 0 bridgehead atoms. The third kappa shape index (κ3) is 2.45. The first kappa shape index (κ1) is 13.2. The number of hydrogen-bond donors (Lipinski definition) is 0. The van der Waals surface area contributed by atoms with E-state index in [1.165, 1.54) is 23.9 Å². The van der Waals surface area contributed by atoms with Crippen molar-refractivity contribution in [2.75, 3.05) is 6.54 Å². The number of piperidine rings is 1. The van der Waals surface area contributed by atoms with Crippen molar-refractivity contribution in [2.45, 2.75) is 45.3 Å². The number of hydrogen-bond acceptors (Lipinski definition) is 4. The summed E-state index contributed by atoms with van der Waals surface area (Å²) in [5, 5.41) is 8.87. The van der Waals surface area contributed by atoms with Gasteiger partial charge in [0, 0.05) is 12.6 Å². The molecule has 1 saturated heterocycles. The molecule has 1 atom stereocenters. The van der Waals surface area contributed by atoms with Crippen LogP contribution in [0.1, 0.15) is 32.6 Å². The van der Waals surface area contributed by atoms with Gasteiger partial charge in [0.1, 0.15) is 5.52 Å². The third-order valence-corrected chi connectivity index (χ3v) is 4.17. The van der Waals surface area contributed by atoms with Gasteiger partial charge >= 0.3 is 0 Å². The fourth-order valence-electron chi connectivity index (χ4n) is 3.00. The zero-order valence-corrected chi connectivity index (χ0v) is 11.8. The molecule has 3 rings (SSSR count). The van der Waals surface area contributed by atoms with E-state index in [9.17, 15) is 4.79 Å². The van der Waals surface area contributed by atoms with Gasteiger partial charge in [0.15, 0.2) is 0 Å². The quantitative estimate of drug-likeness (QED) is 0.857. The summed E-state index contributed by atoms with van der Waals surface area (Å²) < 4.78 is 1.50. The maximum atomic E-state index is 12.4. The van der Waals surface area contributed by atoms with Gasteiger partial charge in [-0.2, -0.15) is 4.68 Å². The summed E-state index contributed by atoms with van der Waals surface area (Å²) in [6.07, 6.45) is 4.82. The van der Waals surface area contributed by atoms with E-state index in [2.05, 4.69) is 22.1 Å². The van der Waals surface area contributed by atoms with Crippen LogP contribution in [0.3, 0.4) is 0 Å². The summed E-state index contributed by atoms with van der Waals surface area (Å²) in [5.74, 6) is 0. The average molecular weight is 272 g/mol. The second-order valence-corrected chi connectivity index (χ2v) is 5.42. The van der Waals surface area contributed by atoms with Crippen LogP contribution in [0, 0.1) is 0 Å². The molecule has 2 aromatic rings. The predicted octanol–water partition coefficient (Wildman–Crippen LogP) is 2.01. The van der Waals surface area contributed by atoms with Gasteiger partial charge < -0.3 is 0 Å². The molecular formula is C15H20N4O. The highest BCUT2D eigenvalue weighted by atomic mass is 16.1. The summed E-state index contributed by atoms with van der Waals surface area (Å²) in [6, 6.07) is 7.94. The Bertz CT molecular complexity index is 652. The van der Waals surface area contributed by atoms with Crippen molar-refractivity contribution in [1.29, 1.82) is 0 Å². The van der Waals surface area contributed by atoms with E-state index in [1.807, 2.05) is 24.3 Å². The highest BCUT2D eigenvalue weighted by molar-refractivity contribution is 5.76. The number of likely N-dealkylation sites (tertiary alicyclic amines) is 1. The lowest BCUT2D eigenvalue weighted by atomic mass is 10.0. The Morgan fingerprint density at radius 3 is 3.00 bits per heavy atom. The summed E-state index contributed by atoms with van der Waals surface area (Å²) >= 11 is 0. The lowest BCUT2D eigenvalue weighted by Gasteiger charge is -2.34. The van der Waals surface area contributed by atoms with Crippen LogP contribution in [-0.4, -0.2) is 32.5 Å². The first-order chi connectivity index (χ1) is 9.79. The average Bonchev–Trinajstić information content (AvgIpc) is 2.51. The van der Waals surface area contributed by atoms with Crippen molar-refractivity contribution in [1.82, 2.24) is 19.9 Å². The van der Waals surface area contributed by atoms with Gasteiger partial charge in [-0.05, 0) is 31.4 Å². The Balaban J connectivity index is 1.90.